The summed E-state index contributed by atoms with van der Waals surface area (Å²) in [7, 11) is 0. The van der Waals surface area contributed by atoms with Gasteiger partial charge in [0.25, 0.3) is 0 Å². The molecule has 3 rings (SSSR count). The summed E-state index contributed by atoms with van der Waals surface area (Å²) < 4.78 is 6.08. The number of likely N-dealkylation sites (tertiary alicyclic amines) is 1. The lowest BCUT2D eigenvalue weighted by Gasteiger charge is -2.45. The van der Waals surface area contributed by atoms with E-state index < -0.39 is 11.5 Å². The lowest BCUT2D eigenvalue weighted by molar-refractivity contribution is -0.151. The fourth-order valence-electron chi connectivity index (χ4n) is 4.80. The Morgan fingerprint density at radius 1 is 1.07 bits per heavy atom. The molecule has 6 heteroatoms. The fraction of sp³-hybridized carbons (Fsp3) is 0.667. The Kier molecular flexibility index (Phi) is 7.40. The van der Waals surface area contributed by atoms with Gasteiger partial charge in [-0.3, -0.25) is 9.59 Å². The lowest BCUT2D eigenvalue weighted by Crippen LogP contribution is -2.55. The summed E-state index contributed by atoms with van der Waals surface area (Å²) in [4.78, 5) is 29.9. The topological polar surface area (TPSA) is 75.9 Å². The Morgan fingerprint density at radius 3 is 2.43 bits per heavy atom. The molecule has 2 aliphatic rings. The minimum Gasteiger partial charge on any atom is -0.491 e. The van der Waals surface area contributed by atoms with Crippen LogP contribution in [0.1, 0.15) is 58.4 Å². The molecule has 2 heterocycles. The van der Waals surface area contributed by atoms with Crippen LogP contribution in [0.4, 0.5) is 0 Å². The predicted octanol–water partition coefficient (Wildman–Crippen LogP) is 2.98. The van der Waals surface area contributed by atoms with Crippen LogP contribution in [0.5, 0.6) is 5.75 Å². The van der Waals surface area contributed by atoms with Gasteiger partial charge in [-0.15, -0.1) is 0 Å². The molecule has 0 unspecified atom stereocenters. The number of fused-ring (bicyclic) bond motifs is 1. The second kappa shape index (κ2) is 9.82. The zero-order valence-corrected chi connectivity index (χ0v) is 18.7. The van der Waals surface area contributed by atoms with E-state index in [2.05, 4.69) is 26.0 Å². The Labute approximate surface area is 180 Å². The highest BCUT2D eigenvalue weighted by Gasteiger charge is 2.44. The van der Waals surface area contributed by atoms with Crippen molar-refractivity contribution in [3.63, 3.8) is 0 Å². The highest BCUT2D eigenvalue weighted by atomic mass is 16.5. The van der Waals surface area contributed by atoms with E-state index >= 15 is 0 Å². The highest BCUT2D eigenvalue weighted by Crippen LogP contribution is 2.40. The van der Waals surface area contributed by atoms with Crippen molar-refractivity contribution in [2.45, 2.75) is 71.4 Å². The number of benzene rings is 1. The fourth-order valence-corrected chi connectivity index (χ4v) is 4.80. The molecule has 1 spiro atoms. The maximum absolute atomic E-state index is 13.8. The van der Waals surface area contributed by atoms with Crippen molar-refractivity contribution in [1.29, 1.82) is 0 Å². The predicted molar refractivity (Wildman–Crippen MR) is 118 cm³/mol. The monoisotopic (exact) mass is 415 g/mol. The van der Waals surface area contributed by atoms with Crippen LogP contribution in [-0.4, -0.2) is 59.9 Å². The molecular weight excluding hydrogens is 378 g/mol. The highest BCUT2D eigenvalue weighted by molar-refractivity contribution is 5.84. The molecule has 0 radical (unpaired) electrons. The summed E-state index contributed by atoms with van der Waals surface area (Å²) >= 11 is 0. The number of nitrogens with two attached hydrogens (primary N) is 1. The Morgan fingerprint density at radius 2 is 1.77 bits per heavy atom. The molecule has 1 fully saturated rings. The number of aryl methyl sites for hydroxylation is 1. The van der Waals surface area contributed by atoms with Gasteiger partial charge >= 0.3 is 0 Å². The number of hydrogen-bond donors (Lipinski definition) is 1. The van der Waals surface area contributed by atoms with Gasteiger partial charge in [0.15, 0.2) is 0 Å². The Balaban J connectivity index is 1.80. The van der Waals surface area contributed by atoms with E-state index in [4.69, 9.17) is 10.5 Å². The van der Waals surface area contributed by atoms with Gasteiger partial charge in [0, 0.05) is 19.1 Å². The van der Waals surface area contributed by atoms with E-state index in [-0.39, 0.29) is 17.9 Å². The summed E-state index contributed by atoms with van der Waals surface area (Å²) in [6.07, 6.45) is 5.28. The van der Waals surface area contributed by atoms with Crippen molar-refractivity contribution >= 4 is 11.8 Å². The molecule has 1 aromatic carbocycles. The maximum atomic E-state index is 13.8. The summed E-state index contributed by atoms with van der Waals surface area (Å²) in [6, 6.07) is 7.85. The number of ether oxygens (including phenoxy) is 1. The van der Waals surface area contributed by atoms with Crippen molar-refractivity contribution in [2.24, 2.45) is 11.1 Å². The number of carbonyl (C=O) groups is 2. The van der Waals surface area contributed by atoms with E-state index in [0.29, 0.717) is 39.1 Å². The second-order valence-corrected chi connectivity index (χ2v) is 9.15. The number of nitrogens with zero attached hydrogens (tertiary/aromatic N) is 2. The van der Waals surface area contributed by atoms with Crippen LogP contribution in [0.2, 0.25) is 0 Å². The number of para-hydroxylation sites is 1. The van der Waals surface area contributed by atoms with Crippen molar-refractivity contribution in [3.8, 4) is 5.75 Å². The summed E-state index contributed by atoms with van der Waals surface area (Å²) in [5.41, 5.74) is 6.65. The van der Waals surface area contributed by atoms with E-state index in [9.17, 15) is 9.59 Å². The van der Waals surface area contributed by atoms with Gasteiger partial charge in [0.05, 0.1) is 18.0 Å². The zero-order valence-electron chi connectivity index (χ0n) is 18.7. The average Bonchev–Trinajstić information content (AvgIpc) is 2.73. The Hall–Kier alpha value is -2.08. The third-order valence-corrected chi connectivity index (χ3v) is 6.67. The first-order chi connectivity index (χ1) is 14.3. The van der Waals surface area contributed by atoms with Gasteiger partial charge < -0.3 is 20.3 Å². The number of amides is 2. The van der Waals surface area contributed by atoms with Crippen molar-refractivity contribution in [2.75, 3.05) is 26.2 Å². The largest absolute Gasteiger partial charge is 0.491 e. The smallest absolute Gasteiger partial charge is 0.239 e. The van der Waals surface area contributed by atoms with Crippen molar-refractivity contribution < 1.29 is 14.3 Å². The third-order valence-electron chi connectivity index (χ3n) is 6.67. The van der Waals surface area contributed by atoms with Gasteiger partial charge in [0.1, 0.15) is 12.4 Å². The number of hydrogen-bond acceptors (Lipinski definition) is 4. The van der Waals surface area contributed by atoms with E-state index in [1.165, 1.54) is 5.56 Å². The molecule has 2 amide bonds. The average molecular weight is 416 g/mol. The SMILES string of the molecule is CC(C)N1CCOc2ccccc2CCCCC2(CCN(C(=O)[C@@H](C)N)CC2)C1=O. The van der Waals surface area contributed by atoms with Crippen molar-refractivity contribution in [1.82, 2.24) is 9.80 Å². The molecule has 1 saturated heterocycles. The van der Waals surface area contributed by atoms with Crippen LogP contribution in [0.15, 0.2) is 24.3 Å². The van der Waals surface area contributed by atoms with Gasteiger partial charge in [-0.2, -0.15) is 0 Å². The van der Waals surface area contributed by atoms with Crippen LogP contribution in [0, 0.1) is 5.41 Å². The molecule has 1 aromatic rings. The molecule has 0 aromatic heterocycles. The molecule has 166 valence electrons. The van der Waals surface area contributed by atoms with Gasteiger partial charge in [-0.1, -0.05) is 24.6 Å². The van der Waals surface area contributed by atoms with Crippen LogP contribution >= 0.6 is 0 Å². The molecule has 6 nitrogen and oxygen atoms in total. The van der Waals surface area contributed by atoms with Gasteiger partial charge in [-0.05, 0) is 64.5 Å². The molecule has 0 aliphatic carbocycles. The zero-order chi connectivity index (χ0) is 21.7. The molecule has 2 N–H and O–H groups in total. The minimum absolute atomic E-state index is 0.0174. The third kappa shape index (κ3) is 4.97. The second-order valence-electron chi connectivity index (χ2n) is 9.15. The maximum Gasteiger partial charge on any atom is 0.239 e. The number of rotatable bonds is 2. The van der Waals surface area contributed by atoms with E-state index in [1.807, 2.05) is 21.9 Å². The van der Waals surface area contributed by atoms with Crippen LogP contribution in [-0.2, 0) is 16.0 Å². The standard InChI is InChI=1S/C24H37N3O3/c1-18(2)27-16-17-30-21-10-5-4-8-20(21)9-6-7-11-24(23(27)29)12-14-26(15-13-24)22(28)19(3)25/h4-5,8,10,18-19H,6-7,9,11-17,25H2,1-3H3/t19-/m1/s1. The number of piperidine rings is 1. The molecule has 1 atom stereocenters. The summed E-state index contributed by atoms with van der Waals surface area (Å²) in [6.45, 7) is 8.16. The van der Waals surface area contributed by atoms with Crippen molar-refractivity contribution in [3.05, 3.63) is 29.8 Å². The minimum atomic E-state index is -0.490. The quantitative estimate of drug-likeness (QED) is 0.806. The molecule has 30 heavy (non-hydrogen) atoms. The van der Waals surface area contributed by atoms with Gasteiger partial charge in [0.2, 0.25) is 11.8 Å². The lowest BCUT2D eigenvalue weighted by atomic mass is 9.72. The summed E-state index contributed by atoms with van der Waals surface area (Å²) in [5, 5.41) is 0. The molecular formula is C24H37N3O3. The van der Waals surface area contributed by atoms with E-state index in [0.717, 1.165) is 31.4 Å². The normalized spacial score (nSPS) is 21.4. The first-order valence-electron chi connectivity index (χ1n) is 11.4. The number of carbonyl (C=O) groups excluding carboxylic acids is 2. The Bertz CT molecular complexity index is 739. The molecule has 2 aliphatic heterocycles. The first kappa shape index (κ1) is 22.6. The molecule has 0 saturated carbocycles. The van der Waals surface area contributed by atoms with Gasteiger partial charge in [-0.25, -0.2) is 0 Å². The molecule has 0 bridgehead atoms. The summed E-state index contributed by atoms with van der Waals surface area (Å²) in [5.74, 6) is 1.14. The first-order valence-corrected chi connectivity index (χ1v) is 11.4. The van der Waals surface area contributed by atoms with Crippen LogP contribution in [0.3, 0.4) is 0 Å². The van der Waals surface area contributed by atoms with Crippen LogP contribution < -0.4 is 10.5 Å². The van der Waals surface area contributed by atoms with Crippen LogP contribution in [0.25, 0.3) is 0 Å². The van der Waals surface area contributed by atoms with E-state index in [1.54, 1.807) is 6.92 Å².